The quantitative estimate of drug-likeness (QED) is 0.866. The van der Waals surface area contributed by atoms with E-state index in [4.69, 9.17) is 4.74 Å². The highest BCUT2D eigenvalue weighted by Gasteiger charge is 2.29. The minimum Gasteiger partial charge on any atom is -0.496 e. The molecular formula is C14H19NO2. The number of carbonyl (C=O) groups excluding carboxylic acids is 1. The van der Waals surface area contributed by atoms with Gasteiger partial charge in [-0.05, 0) is 43.9 Å². The van der Waals surface area contributed by atoms with Crippen molar-refractivity contribution in [3.63, 3.8) is 0 Å². The number of benzene rings is 1. The number of hydrogen-bond acceptors (Lipinski definition) is 2. The Kier molecular flexibility index (Phi) is 3.36. The Bertz CT molecular complexity index is 436. The van der Waals surface area contributed by atoms with Crippen LogP contribution in [0.15, 0.2) is 12.1 Å². The van der Waals surface area contributed by atoms with E-state index >= 15 is 0 Å². The second-order valence-corrected chi connectivity index (χ2v) is 4.74. The van der Waals surface area contributed by atoms with Gasteiger partial charge in [0.25, 0.3) is 0 Å². The normalized spacial score (nSPS) is 14.5. The van der Waals surface area contributed by atoms with Crippen LogP contribution in [-0.2, 0) is 11.3 Å². The fraction of sp³-hybridized carbons (Fsp3) is 0.500. The average molecular weight is 233 g/mol. The highest BCUT2D eigenvalue weighted by Crippen LogP contribution is 2.29. The Balaban J connectivity index is 2.08. The smallest absolute Gasteiger partial charge is 0.223 e. The third-order valence-corrected chi connectivity index (χ3v) is 3.30. The van der Waals surface area contributed by atoms with Crippen molar-refractivity contribution in [2.75, 3.05) is 7.11 Å². The lowest BCUT2D eigenvalue weighted by atomic mass is 10.0. The Morgan fingerprint density at radius 1 is 1.35 bits per heavy atom. The van der Waals surface area contributed by atoms with Gasteiger partial charge in [-0.25, -0.2) is 0 Å². The minimum absolute atomic E-state index is 0.172. The highest BCUT2D eigenvalue weighted by molar-refractivity contribution is 5.80. The standard InChI is InChI=1S/C14H19NO2/c1-9-6-12(13(17-3)7-10(9)2)8-15-14(16)11-4-5-11/h6-7,11H,4-5,8H2,1-3H3,(H,15,16). The molecule has 17 heavy (non-hydrogen) atoms. The van der Waals surface area contributed by atoms with E-state index in [2.05, 4.69) is 25.2 Å². The molecule has 0 saturated heterocycles. The molecule has 0 spiro atoms. The van der Waals surface area contributed by atoms with Crippen molar-refractivity contribution in [2.45, 2.75) is 33.2 Å². The molecule has 92 valence electrons. The fourth-order valence-electron chi connectivity index (χ4n) is 1.85. The molecule has 1 aromatic carbocycles. The number of nitrogens with one attached hydrogen (secondary N) is 1. The largest absolute Gasteiger partial charge is 0.496 e. The van der Waals surface area contributed by atoms with Gasteiger partial charge in [-0.15, -0.1) is 0 Å². The lowest BCUT2D eigenvalue weighted by Gasteiger charge is -2.12. The first-order valence-electron chi connectivity index (χ1n) is 6.03. The van der Waals surface area contributed by atoms with Crippen molar-refractivity contribution in [3.05, 3.63) is 28.8 Å². The van der Waals surface area contributed by atoms with Crippen LogP contribution in [0.4, 0.5) is 0 Å². The number of amides is 1. The van der Waals surface area contributed by atoms with Crippen LogP contribution in [0.3, 0.4) is 0 Å². The van der Waals surface area contributed by atoms with Crippen LogP contribution in [0.2, 0.25) is 0 Å². The van der Waals surface area contributed by atoms with Crippen LogP contribution in [0.25, 0.3) is 0 Å². The first-order chi connectivity index (χ1) is 8.11. The second-order valence-electron chi connectivity index (χ2n) is 4.74. The summed E-state index contributed by atoms with van der Waals surface area (Å²) in [6, 6.07) is 4.11. The molecule has 0 heterocycles. The van der Waals surface area contributed by atoms with Gasteiger partial charge in [0.05, 0.1) is 7.11 Å². The number of methoxy groups -OCH3 is 1. The summed E-state index contributed by atoms with van der Waals surface area (Å²) in [5.41, 5.74) is 3.48. The fourth-order valence-corrected chi connectivity index (χ4v) is 1.85. The monoisotopic (exact) mass is 233 g/mol. The highest BCUT2D eigenvalue weighted by atomic mass is 16.5. The van der Waals surface area contributed by atoms with Crippen LogP contribution in [0.5, 0.6) is 5.75 Å². The average Bonchev–Trinajstić information content (AvgIpc) is 3.13. The lowest BCUT2D eigenvalue weighted by molar-refractivity contribution is -0.122. The first-order valence-corrected chi connectivity index (χ1v) is 6.03. The Hall–Kier alpha value is -1.51. The zero-order valence-corrected chi connectivity index (χ0v) is 10.7. The molecule has 3 heteroatoms. The molecular weight excluding hydrogens is 214 g/mol. The van der Waals surface area contributed by atoms with Crippen LogP contribution >= 0.6 is 0 Å². The van der Waals surface area contributed by atoms with Crippen molar-refractivity contribution in [1.82, 2.24) is 5.32 Å². The number of ether oxygens (including phenoxy) is 1. The molecule has 0 aromatic heterocycles. The van der Waals surface area contributed by atoms with Crippen molar-refractivity contribution < 1.29 is 9.53 Å². The molecule has 1 N–H and O–H groups in total. The summed E-state index contributed by atoms with van der Waals surface area (Å²) in [6.45, 7) is 4.69. The minimum atomic E-state index is 0.172. The maximum Gasteiger partial charge on any atom is 0.223 e. The summed E-state index contributed by atoms with van der Waals surface area (Å²) in [5, 5.41) is 2.96. The van der Waals surface area contributed by atoms with E-state index in [1.807, 2.05) is 6.07 Å². The zero-order valence-electron chi connectivity index (χ0n) is 10.7. The molecule has 1 saturated carbocycles. The topological polar surface area (TPSA) is 38.3 Å². The van der Waals surface area contributed by atoms with Gasteiger partial charge < -0.3 is 10.1 Å². The molecule has 3 nitrogen and oxygen atoms in total. The van der Waals surface area contributed by atoms with Crippen LogP contribution in [0.1, 0.15) is 29.5 Å². The van der Waals surface area contributed by atoms with Crippen molar-refractivity contribution in [3.8, 4) is 5.75 Å². The van der Waals surface area contributed by atoms with Gasteiger partial charge in [-0.2, -0.15) is 0 Å². The summed E-state index contributed by atoms with van der Waals surface area (Å²) in [7, 11) is 1.66. The van der Waals surface area contributed by atoms with Crippen LogP contribution in [-0.4, -0.2) is 13.0 Å². The Morgan fingerprint density at radius 3 is 2.59 bits per heavy atom. The van der Waals surface area contributed by atoms with E-state index in [1.54, 1.807) is 7.11 Å². The molecule has 0 bridgehead atoms. The Morgan fingerprint density at radius 2 is 2.00 bits per heavy atom. The summed E-state index contributed by atoms with van der Waals surface area (Å²) >= 11 is 0. The number of carbonyl (C=O) groups is 1. The van der Waals surface area contributed by atoms with Gasteiger partial charge in [-0.1, -0.05) is 6.07 Å². The number of aryl methyl sites for hydroxylation is 2. The maximum atomic E-state index is 11.6. The van der Waals surface area contributed by atoms with E-state index < -0.39 is 0 Å². The SMILES string of the molecule is COc1cc(C)c(C)cc1CNC(=O)C1CC1. The third-order valence-electron chi connectivity index (χ3n) is 3.30. The molecule has 0 aliphatic heterocycles. The molecule has 0 atom stereocenters. The van der Waals surface area contributed by atoms with E-state index in [-0.39, 0.29) is 11.8 Å². The van der Waals surface area contributed by atoms with Gasteiger partial charge in [0.15, 0.2) is 0 Å². The molecule has 1 aromatic rings. The predicted octanol–water partition coefficient (Wildman–Crippen LogP) is 2.34. The molecule has 2 rings (SSSR count). The zero-order chi connectivity index (χ0) is 12.4. The number of hydrogen-bond donors (Lipinski definition) is 1. The lowest BCUT2D eigenvalue weighted by Crippen LogP contribution is -2.24. The van der Waals surface area contributed by atoms with E-state index in [0.717, 1.165) is 24.2 Å². The van der Waals surface area contributed by atoms with Crippen LogP contribution in [0, 0.1) is 19.8 Å². The van der Waals surface area contributed by atoms with Gasteiger partial charge in [0.1, 0.15) is 5.75 Å². The maximum absolute atomic E-state index is 11.6. The van der Waals surface area contributed by atoms with Gasteiger partial charge >= 0.3 is 0 Å². The molecule has 0 unspecified atom stereocenters. The Labute approximate surface area is 102 Å². The first kappa shape index (κ1) is 12.0. The summed E-state index contributed by atoms with van der Waals surface area (Å²) in [4.78, 5) is 11.6. The summed E-state index contributed by atoms with van der Waals surface area (Å²) < 4.78 is 5.34. The van der Waals surface area contributed by atoms with E-state index in [9.17, 15) is 4.79 Å². The van der Waals surface area contributed by atoms with Crippen molar-refractivity contribution in [2.24, 2.45) is 5.92 Å². The van der Waals surface area contributed by atoms with Gasteiger partial charge in [0, 0.05) is 18.0 Å². The third kappa shape index (κ3) is 2.78. The van der Waals surface area contributed by atoms with Crippen molar-refractivity contribution >= 4 is 5.91 Å². The predicted molar refractivity (Wildman–Crippen MR) is 67.0 cm³/mol. The molecule has 1 amide bonds. The summed E-state index contributed by atoms with van der Waals surface area (Å²) in [6.07, 6.45) is 2.08. The molecule has 1 aliphatic rings. The van der Waals surface area contributed by atoms with Gasteiger partial charge in [-0.3, -0.25) is 4.79 Å². The van der Waals surface area contributed by atoms with E-state index in [1.165, 1.54) is 11.1 Å². The molecule has 1 fully saturated rings. The van der Waals surface area contributed by atoms with Crippen molar-refractivity contribution in [1.29, 1.82) is 0 Å². The van der Waals surface area contributed by atoms with Gasteiger partial charge in [0.2, 0.25) is 5.91 Å². The van der Waals surface area contributed by atoms with E-state index in [0.29, 0.717) is 6.54 Å². The number of rotatable bonds is 4. The second kappa shape index (κ2) is 4.78. The van der Waals surface area contributed by atoms with Crippen LogP contribution < -0.4 is 10.1 Å². The molecule has 1 aliphatic carbocycles. The molecule has 0 radical (unpaired) electrons. The summed E-state index contributed by atoms with van der Waals surface area (Å²) in [5.74, 6) is 1.28.